The number of aryl methyl sites for hydroxylation is 1. The Kier molecular flexibility index (Phi) is 2.65. The zero-order chi connectivity index (χ0) is 8.27. The molecule has 11 heavy (non-hydrogen) atoms. The van der Waals surface area contributed by atoms with Crippen LogP contribution in [0.3, 0.4) is 0 Å². The van der Waals surface area contributed by atoms with Gasteiger partial charge in [-0.05, 0) is 0 Å². The van der Waals surface area contributed by atoms with Crippen molar-refractivity contribution in [2.24, 2.45) is 7.05 Å². The minimum atomic E-state index is 0. The lowest BCUT2D eigenvalue weighted by molar-refractivity contribution is 0.588. The van der Waals surface area contributed by atoms with Gasteiger partial charge in [0.2, 0.25) is 0 Å². The van der Waals surface area contributed by atoms with E-state index in [1.165, 1.54) is 5.56 Å². The molecule has 1 heterocycles. The summed E-state index contributed by atoms with van der Waals surface area (Å²) >= 11 is 0. The van der Waals surface area contributed by atoms with Crippen LogP contribution in [0, 0.1) is 0 Å². The highest BCUT2D eigenvalue weighted by molar-refractivity contribution is 5.02. The van der Waals surface area contributed by atoms with E-state index in [0.29, 0.717) is 6.04 Å². The molecule has 0 aliphatic heterocycles. The van der Waals surface area contributed by atoms with Crippen LogP contribution in [0.4, 0.5) is 0 Å². The van der Waals surface area contributed by atoms with Crippen molar-refractivity contribution in [3.63, 3.8) is 0 Å². The highest BCUT2D eigenvalue weighted by atomic mass is 15.2. The van der Waals surface area contributed by atoms with Gasteiger partial charge in [0.25, 0.3) is 0 Å². The van der Waals surface area contributed by atoms with Gasteiger partial charge < -0.3 is 5.32 Å². The van der Waals surface area contributed by atoms with E-state index in [4.69, 9.17) is 0 Å². The Bertz CT molecular complexity index is 220. The predicted octanol–water partition coefficient (Wildman–Crippen LogP) is 1.16. The Hall–Kier alpha value is -0.830. The fraction of sp³-hybridized carbons (Fsp3) is 0.625. The second-order valence-electron chi connectivity index (χ2n) is 3.06. The summed E-state index contributed by atoms with van der Waals surface area (Å²) in [6, 6.07) is 0.537. The smallest absolute Gasteiger partial charge is 0.0534 e. The van der Waals surface area contributed by atoms with Crippen molar-refractivity contribution >= 4 is 0 Å². The standard InChI is InChI=1S/C8H15N3.H2/c1-7(2)9-4-8-5-10-11(3)6-8;/h5-7,9H,4H2,1-3H3;1H. The number of hydrogen-bond donors (Lipinski definition) is 1. The third-order valence-corrected chi connectivity index (χ3v) is 1.47. The van der Waals surface area contributed by atoms with Gasteiger partial charge in [-0.1, -0.05) is 13.8 Å². The van der Waals surface area contributed by atoms with Crippen LogP contribution >= 0.6 is 0 Å². The van der Waals surface area contributed by atoms with Crippen molar-refractivity contribution in [3.05, 3.63) is 18.0 Å². The summed E-state index contributed by atoms with van der Waals surface area (Å²) in [5, 5.41) is 7.39. The molecule has 1 aromatic heterocycles. The zero-order valence-electron chi connectivity index (χ0n) is 7.33. The molecule has 0 saturated heterocycles. The molecule has 1 rings (SSSR count). The van der Waals surface area contributed by atoms with Crippen molar-refractivity contribution in [2.75, 3.05) is 0 Å². The van der Waals surface area contributed by atoms with Crippen LogP contribution in [0.1, 0.15) is 20.8 Å². The van der Waals surface area contributed by atoms with Crippen LogP contribution in [0.2, 0.25) is 0 Å². The average molecular weight is 155 g/mol. The maximum absolute atomic E-state index is 4.07. The van der Waals surface area contributed by atoms with Crippen molar-refractivity contribution in [3.8, 4) is 0 Å². The Balaban J connectivity index is 0.00000121. The van der Waals surface area contributed by atoms with Crippen molar-refractivity contribution in [1.82, 2.24) is 15.1 Å². The summed E-state index contributed by atoms with van der Waals surface area (Å²) in [4.78, 5) is 0. The molecule has 1 N–H and O–H groups in total. The van der Waals surface area contributed by atoms with E-state index in [1.807, 2.05) is 24.1 Å². The summed E-state index contributed by atoms with van der Waals surface area (Å²) in [5.41, 5.74) is 1.24. The molecule has 0 unspecified atom stereocenters. The van der Waals surface area contributed by atoms with Gasteiger partial charge in [0.1, 0.15) is 0 Å². The number of aromatic nitrogens is 2. The topological polar surface area (TPSA) is 29.9 Å². The van der Waals surface area contributed by atoms with Gasteiger partial charge in [-0.15, -0.1) is 0 Å². The quantitative estimate of drug-likeness (QED) is 0.710. The fourth-order valence-corrected chi connectivity index (χ4v) is 0.885. The number of nitrogens with one attached hydrogen (secondary N) is 1. The number of rotatable bonds is 3. The minimum Gasteiger partial charge on any atom is -0.310 e. The van der Waals surface area contributed by atoms with E-state index in [1.54, 1.807) is 0 Å². The van der Waals surface area contributed by atoms with Gasteiger partial charge in [-0.2, -0.15) is 5.10 Å². The lowest BCUT2D eigenvalue weighted by atomic mass is 10.3. The molecule has 64 valence electrons. The highest BCUT2D eigenvalue weighted by Crippen LogP contribution is 1.95. The van der Waals surface area contributed by atoms with Gasteiger partial charge >= 0.3 is 0 Å². The van der Waals surface area contributed by atoms with Crippen LogP contribution in [-0.4, -0.2) is 15.8 Å². The lowest BCUT2D eigenvalue weighted by Gasteiger charge is -2.04. The average Bonchev–Trinajstić information content (AvgIpc) is 2.31. The minimum absolute atomic E-state index is 0. The molecule has 3 heteroatoms. The normalized spacial score (nSPS) is 10.9. The predicted molar refractivity (Wildman–Crippen MR) is 47.3 cm³/mol. The molecule has 1 aromatic rings. The molecule has 0 aromatic carbocycles. The van der Waals surface area contributed by atoms with Gasteiger partial charge in [0, 0.05) is 32.8 Å². The molecule has 0 spiro atoms. The van der Waals surface area contributed by atoms with E-state index in [9.17, 15) is 0 Å². The first-order valence-electron chi connectivity index (χ1n) is 3.89. The maximum atomic E-state index is 4.07. The Labute approximate surface area is 68.9 Å². The summed E-state index contributed by atoms with van der Waals surface area (Å²) < 4.78 is 1.82. The van der Waals surface area contributed by atoms with Crippen molar-refractivity contribution in [1.29, 1.82) is 0 Å². The zero-order valence-corrected chi connectivity index (χ0v) is 7.33. The summed E-state index contributed by atoms with van der Waals surface area (Å²) in [5.74, 6) is 0. The first kappa shape index (κ1) is 8.27. The maximum Gasteiger partial charge on any atom is 0.0534 e. The van der Waals surface area contributed by atoms with Crippen LogP contribution in [0.5, 0.6) is 0 Å². The molecule has 0 saturated carbocycles. The Morgan fingerprint density at radius 2 is 2.45 bits per heavy atom. The lowest BCUT2D eigenvalue weighted by Crippen LogP contribution is -2.21. The Morgan fingerprint density at radius 3 is 2.91 bits per heavy atom. The molecule has 0 atom stereocenters. The number of nitrogens with zero attached hydrogens (tertiary/aromatic N) is 2. The molecule has 0 radical (unpaired) electrons. The second kappa shape index (κ2) is 3.53. The number of hydrogen-bond acceptors (Lipinski definition) is 2. The molecular formula is C8H17N3. The van der Waals surface area contributed by atoms with Crippen LogP contribution in [0.15, 0.2) is 12.4 Å². The molecule has 0 amide bonds. The first-order chi connectivity index (χ1) is 5.18. The molecular weight excluding hydrogens is 138 g/mol. The summed E-state index contributed by atoms with van der Waals surface area (Å²) in [6.07, 6.45) is 3.91. The molecule has 0 aliphatic rings. The molecule has 3 nitrogen and oxygen atoms in total. The Morgan fingerprint density at radius 1 is 1.73 bits per heavy atom. The monoisotopic (exact) mass is 155 g/mol. The van der Waals surface area contributed by atoms with Crippen LogP contribution < -0.4 is 5.32 Å². The molecule has 0 bridgehead atoms. The van der Waals surface area contributed by atoms with Gasteiger partial charge in [-0.3, -0.25) is 4.68 Å². The van der Waals surface area contributed by atoms with Gasteiger partial charge in [-0.25, -0.2) is 0 Å². The molecule has 0 fully saturated rings. The fourth-order valence-electron chi connectivity index (χ4n) is 0.885. The van der Waals surface area contributed by atoms with Gasteiger partial charge in [0.15, 0.2) is 0 Å². The first-order valence-corrected chi connectivity index (χ1v) is 3.89. The summed E-state index contributed by atoms with van der Waals surface area (Å²) in [6.45, 7) is 5.18. The van der Waals surface area contributed by atoms with E-state index in [2.05, 4.69) is 24.3 Å². The second-order valence-corrected chi connectivity index (χ2v) is 3.06. The summed E-state index contributed by atoms with van der Waals surface area (Å²) in [7, 11) is 1.93. The van der Waals surface area contributed by atoms with E-state index >= 15 is 0 Å². The third kappa shape index (κ3) is 2.72. The van der Waals surface area contributed by atoms with Crippen LogP contribution in [0.25, 0.3) is 0 Å². The highest BCUT2D eigenvalue weighted by Gasteiger charge is 1.96. The largest absolute Gasteiger partial charge is 0.310 e. The van der Waals surface area contributed by atoms with E-state index in [0.717, 1.165) is 6.54 Å². The third-order valence-electron chi connectivity index (χ3n) is 1.47. The van der Waals surface area contributed by atoms with E-state index in [-0.39, 0.29) is 1.43 Å². The molecule has 0 aliphatic carbocycles. The van der Waals surface area contributed by atoms with E-state index < -0.39 is 0 Å². The van der Waals surface area contributed by atoms with Gasteiger partial charge in [0.05, 0.1) is 6.20 Å². The van der Waals surface area contributed by atoms with Crippen molar-refractivity contribution < 1.29 is 1.43 Å². The SMILES string of the molecule is CC(C)NCc1cnn(C)c1.[HH]. The van der Waals surface area contributed by atoms with Crippen molar-refractivity contribution in [2.45, 2.75) is 26.4 Å². The van der Waals surface area contributed by atoms with Crippen LogP contribution in [-0.2, 0) is 13.6 Å².